The molecule has 0 aliphatic carbocycles. The fraction of sp³-hybridized carbons (Fsp3) is 0. The Hall–Kier alpha value is -3.65. The first-order valence-electron chi connectivity index (χ1n) is 8.51. The Labute approximate surface area is 169 Å². The monoisotopic (exact) mass is 408 g/mol. The van der Waals surface area contributed by atoms with Crippen molar-refractivity contribution in [2.45, 2.75) is 9.99 Å². The summed E-state index contributed by atoms with van der Waals surface area (Å²) in [5, 5.41) is 2.61. The third-order valence-corrected chi connectivity index (χ3v) is 4.97. The zero-order valence-corrected chi connectivity index (χ0v) is 15.6. The third-order valence-electron chi connectivity index (χ3n) is 4.05. The fourth-order valence-electron chi connectivity index (χ4n) is 2.72. The maximum absolute atomic E-state index is 14.1. The second-order valence-corrected chi connectivity index (χ2v) is 7.06. The predicted octanol–water partition coefficient (Wildman–Crippen LogP) is 4.24. The van der Waals surface area contributed by atoms with Gasteiger partial charge in [-0.1, -0.05) is 42.1 Å². The normalized spacial score (nSPS) is 15.7. The molecule has 4 amide bonds. The molecule has 8 heteroatoms. The first-order valence-corrected chi connectivity index (χ1v) is 9.33. The number of halogens is 1. The number of hydrogen-bond donors (Lipinski definition) is 1. The summed E-state index contributed by atoms with van der Waals surface area (Å²) in [4.78, 5) is 38.6. The summed E-state index contributed by atoms with van der Waals surface area (Å²) in [6, 6.07) is 17.1. The number of rotatable bonds is 4. The Bertz CT molecular complexity index is 1140. The number of hydrogen-bond acceptors (Lipinski definition) is 5. The predicted molar refractivity (Wildman–Crippen MR) is 105 cm³/mol. The van der Waals surface area contributed by atoms with Crippen LogP contribution in [-0.4, -0.2) is 17.8 Å². The number of benzene rings is 2. The number of amides is 4. The van der Waals surface area contributed by atoms with Crippen LogP contribution in [0.15, 0.2) is 86.7 Å². The molecular weight excluding hydrogens is 395 g/mol. The minimum Gasteiger partial charge on any atom is -0.450 e. The van der Waals surface area contributed by atoms with Crippen LogP contribution in [-0.2, 0) is 9.59 Å². The average molecular weight is 408 g/mol. The van der Waals surface area contributed by atoms with Crippen molar-refractivity contribution in [3.8, 4) is 0 Å². The van der Waals surface area contributed by atoms with Gasteiger partial charge in [-0.3, -0.25) is 14.9 Å². The molecule has 144 valence electrons. The molecule has 2 heterocycles. The van der Waals surface area contributed by atoms with Crippen molar-refractivity contribution < 1.29 is 23.2 Å². The van der Waals surface area contributed by atoms with Crippen molar-refractivity contribution in [1.29, 1.82) is 0 Å². The highest BCUT2D eigenvalue weighted by Crippen LogP contribution is 2.30. The lowest BCUT2D eigenvalue weighted by Gasteiger charge is -2.26. The zero-order chi connectivity index (χ0) is 20.4. The fourth-order valence-corrected chi connectivity index (χ4v) is 3.52. The van der Waals surface area contributed by atoms with Crippen molar-refractivity contribution in [2.24, 2.45) is 0 Å². The van der Waals surface area contributed by atoms with Gasteiger partial charge in [0, 0.05) is 4.90 Å². The lowest BCUT2D eigenvalue weighted by Crippen LogP contribution is -2.54. The second-order valence-electron chi connectivity index (χ2n) is 5.98. The van der Waals surface area contributed by atoms with E-state index < -0.39 is 23.7 Å². The van der Waals surface area contributed by atoms with E-state index in [-0.39, 0.29) is 17.0 Å². The number of anilines is 1. The van der Waals surface area contributed by atoms with Crippen molar-refractivity contribution in [3.63, 3.8) is 0 Å². The van der Waals surface area contributed by atoms with Gasteiger partial charge in [0.15, 0.2) is 5.09 Å². The van der Waals surface area contributed by atoms with Crippen LogP contribution in [0.3, 0.4) is 0 Å². The summed E-state index contributed by atoms with van der Waals surface area (Å²) in [7, 11) is 0. The number of furan rings is 1. The average Bonchev–Trinajstić information content (AvgIpc) is 3.14. The molecule has 0 unspecified atom stereocenters. The molecule has 3 aromatic rings. The van der Waals surface area contributed by atoms with Crippen LogP contribution in [0, 0.1) is 5.82 Å². The van der Waals surface area contributed by atoms with Crippen LogP contribution in [0.4, 0.5) is 14.9 Å². The third kappa shape index (κ3) is 3.83. The Balaban J connectivity index is 1.63. The minimum atomic E-state index is -1.01. The molecule has 1 N–H and O–H groups in total. The van der Waals surface area contributed by atoms with Gasteiger partial charge in [-0.05, 0) is 42.5 Å². The van der Waals surface area contributed by atoms with Gasteiger partial charge in [-0.2, -0.15) is 0 Å². The molecule has 0 spiro atoms. The van der Waals surface area contributed by atoms with E-state index >= 15 is 0 Å². The van der Waals surface area contributed by atoms with Crippen LogP contribution in [0.5, 0.6) is 0 Å². The van der Waals surface area contributed by atoms with Gasteiger partial charge in [0.1, 0.15) is 17.2 Å². The summed E-state index contributed by atoms with van der Waals surface area (Å²) in [5.74, 6) is -2.31. The number of barbiturate groups is 1. The molecule has 4 rings (SSSR count). The lowest BCUT2D eigenvalue weighted by molar-refractivity contribution is -0.122. The van der Waals surface area contributed by atoms with E-state index in [0.717, 1.165) is 11.0 Å². The van der Waals surface area contributed by atoms with Gasteiger partial charge in [0.25, 0.3) is 11.8 Å². The Morgan fingerprint density at radius 3 is 2.41 bits per heavy atom. The van der Waals surface area contributed by atoms with Crippen molar-refractivity contribution in [1.82, 2.24) is 5.32 Å². The Kier molecular flexibility index (Phi) is 5.01. The quantitative estimate of drug-likeness (QED) is 0.516. The zero-order valence-electron chi connectivity index (χ0n) is 14.8. The molecule has 0 saturated carbocycles. The van der Waals surface area contributed by atoms with Crippen LogP contribution in [0.25, 0.3) is 6.08 Å². The molecule has 0 radical (unpaired) electrons. The van der Waals surface area contributed by atoms with E-state index in [1.54, 1.807) is 12.1 Å². The topological polar surface area (TPSA) is 79.6 Å². The van der Waals surface area contributed by atoms with Crippen molar-refractivity contribution >= 4 is 41.4 Å². The lowest BCUT2D eigenvalue weighted by atomic mass is 10.1. The molecule has 0 atom stereocenters. The number of urea groups is 1. The molecule has 1 aliphatic rings. The number of imide groups is 2. The van der Waals surface area contributed by atoms with Gasteiger partial charge < -0.3 is 4.42 Å². The van der Waals surface area contributed by atoms with Crippen LogP contribution >= 0.6 is 11.8 Å². The smallest absolute Gasteiger partial charge is 0.336 e. The highest BCUT2D eigenvalue weighted by Gasteiger charge is 2.38. The largest absolute Gasteiger partial charge is 0.450 e. The first kappa shape index (κ1) is 18.7. The SMILES string of the molecule is O=C1NC(=O)N(c2ccccc2F)C(=O)/C1=C\c1ccc(Sc2ccccc2)o1. The standard InChI is InChI=1S/C21H13FN2O4S/c22-16-8-4-5-9-17(16)24-20(26)15(19(25)23-21(24)27)12-13-10-11-18(28-13)29-14-6-2-1-3-7-14/h1-12H,(H,23,25,27)/b15-12-. The molecule has 29 heavy (non-hydrogen) atoms. The Morgan fingerprint density at radius 1 is 0.931 bits per heavy atom. The number of nitrogens with zero attached hydrogens (tertiary/aromatic N) is 1. The summed E-state index contributed by atoms with van der Waals surface area (Å²) in [6.45, 7) is 0. The van der Waals surface area contributed by atoms with Crippen LogP contribution in [0.2, 0.25) is 0 Å². The number of carbonyl (C=O) groups excluding carboxylic acids is 3. The minimum absolute atomic E-state index is 0.242. The molecule has 1 aliphatic heterocycles. The van der Waals surface area contributed by atoms with E-state index in [1.165, 1.54) is 36.0 Å². The van der Waals surface area contributed by atoms with Gasteiger partial charge in [-0.25, -0.2) is 14.1 Å². The van der Waals surface area contributed by atoms with Crippen LogP contribution < -0.4 is 10.2 Å². The van der Waals surface area contributed by atoms with E-state index in [1.807, 2.05) is 35.6 Å². The van der Waals surface area contributed by atoms with Gasteiger partial charge in [0.05, 0.1) is 5.69 Å². The van der Waals surface area contributed by atoms with Crippen LogP contribution in [0.1, 0.15) is 5.76 Å². The van der Waals surface area contributed by atoms with E-state index in [0.29, 0.717) is 9.99 Å². The molecule has 0 bridgehead atoms. The highest BCUT2D eigenvalue weighted by molar-refractivity contribution is 7.99. The molecule has 6 nitrogen and oxygen atoms in total. The summed E-state index contributed by atoms with van der Waals surface area (Å²) in [5.41, 5.74) is -0.577. The van der Waals surface area contributed by atoms with E-state index in [2.05, 4.69) is 0 Å². The molecule has 1 aromatic heterocycles. The van der Waals surface area contributed by atoms with Crippen molar-refractivity contribution in [3.05, 3.63) is 83.9 Å². The molecule has 1 fully saturated rings. The summed E-state index contributed by atoms with van der Waals surface area (Å²) >= 11 is 1.38. The van der Waals surface area contributed by atoms with E-state index in [4.69, 9.17) is 4.42 Å². The number of nitrogens with one attached hydrogen (secondary N) is 1. The molecule has 1 saturated heterocycles. The summed E-state index contributed by atoms with van der Waals surface area (Å²) in [6.07, 6.45) is 1.23. The van der Waals surface area contributed by atoms with Gasteiger partial charge in [-0.15, -0.1) is 0 Å². The maximum atomic E-state index is 14.1. The summed E-state index contributed by atoms with van der Waals surface area (Å²) < 4.78 is 19.7. The Morgan fingerprint density at radius 2 is 1.66 bits per heavy atom. The number of carbonyl (C=O) groups is 3. The first-order chi connectivity index (χ1) is 14.0. The number of para-hydroxylation sites is 1. The molecule has 2 aromatic carbocycles. The maximum Gasteiger partial charge on any atom is 0.336 e. The van der Waals surface area contributed by atoms with Crippen molar-refractivity contribution in [2.75, 3.05) is 4.90 Å². The molecular formula is C21H13FN2O4S. The van der Waals surface area contributed by atoms with Gasteiger partial charge in [0.2, 0.25) is 0 Å². The second kappa shape index (κ2) is 7.76. The van der Waals surface area contributed by atoms with Gasteiger partial charge >= 0.3 is 6.03 Å². The highest BCUT2D eigenvalue weighted by atomic mass is 32.2. The van der Waals surface area contributed by atoms with E-state index in [9.17, 15) is 18.8 Å².